The van der Waals surface area contributed by atoms with Crippen LogP contribution in [0.25, 0.3) is 0 Å². The monoisotopic (exact) mass is 413 g/mol. The Morgan fingerprint density at radius 3 is 2.10 bits per heavy atom. The van der Waals surface area contributed by atoms with Crippen LogP contribution < -0.4 is 9.47 Å². The Kier molecular flexibility index (Phi) is 6.43. The zero-order valence-electron chi connectivity index (χ0n) is 16.2. The summed E-state index contributed by atoms with van der Waals surface area (Å²) in [7, 11) is 0. The van der Waals surface area contributed by atoms with E-state index in [2.05, 4.69) is 4.99 Å². The maximum Gasteiger partial charge on any atom is 0.138 e. The van der Waals surface area contributed by atoms with Crippen LogP contribution in [0.4, 0.5) is 5.69 Å². The molecule has 30 heavy (non-hydrogen) atoms. The van der Waals surface area contributed by atoms with Crippen molar-refractivity contribution in [3.05, 3.63) is 119 Å². The molecule has 0 heterocycles. The van der Waals surface area contributed by atoms with Gasteiger partial charge in [-0.05, 0) is 65.7 Å². The van der Waals surface area contributed by atoms with Gasteiger partial charge in [0.05, 0.1) is 10.7 Å². The molecule has 4 aromatic carbocycles. The average Bonchev–Trinajstić information content (AvgIpc) is 2.79. The van der Waals surface area contributed by atoms with Gasteiger partial charge >= 0.3 is 0 Å². The van der Waals surface area contributed by atoms with E-state index in [4.69, 9.17) is 21.1 Å². The summed E-state index contributed by atoms with van der Waals surface area (Å²) in [5.74, 6) is 2.22. The third kappa shape index (κ3) is 5.49. The fraction of sp³-hybridized carbons (Fsp3) is 0.0385. The van der Waals surface area contributed by atoms with E-state index in [1.807, 2.05) is 103 Å². The molecule has 0 spiro atoms. The third-order valence-electron chi connectivity index (χ3n) is 4.37. The van der Waals surface area contributed by atoms with E-state index in [0.29, 0.717) is 17.4 Å². The molecule has 0 aromatic heterocycles. The van der Waals surface area contributed by atoms with Crippen molar-refractivity contribution >= 4 is 23.5 Å². The van der Waals surface area contributed by atoms with E-state index in [9.17, 15) is 0 Å². The molecule has 0 N–H and O–H groups in total. The molecular formula is C26H20ClNO2. The summed E-state index contributed by atoms with van der Waals surface area (Å²) in [6, 6.07) is 32.9. The summed E-state index contributed by atoms with van der Waals surface area (Å²) < 4.78 is 11.6. The van der Waals surface area contributed by atoms with Gasteiger partial charge in [0.2, 0.25) is 0 Å². The Morgan fingerprint density at radius 2 is 1.40 bits per heavy atom. The summed E-state index contributed by atoms with van der Waals surface area (Å²) >= 11 is 6.37. The van der Waals surface area contributed by atoms with Crippen LogP contribution in [0.15, 0.2) is 108 Å². The molecule has 0 saturated carbocycles. The normalized spacial score (nSPS) is 10.8. The zero-order chi connectivity index (χ0) is 20.6. The van der Waals surface area contributed by atoms with Crippen LogP contribution in [0, 0.1) is 0 Å². The summed E-state index contributed by atoms with van der Waals surface area (Å²) in [6.45, 7) is 0.478. The molecule has 4 aromatic rings. The van der Waals surface area contributed by atoms with Gasteiger partial charge in [0.15, 0.2) is 0 Å². The molecule has 0 aliphatic heterocycles. The van der Waals surface area contributed by atoms with Crippen molar-refractivity contribution < 1.29 is 9.47 Å². The van der Waals surface area contributed by atoms with E-state index >= 15 is 0 Å². The van der Waals surface area contributed by atoms with Gasteiger partial charge in [0.25, 0.3) is 0 Å². The first kappa shape index (κ1) is 19.7. The van der Waals surface area contributed by atoms with Crippen LogP contribution in [0.3, 0.4) is 0 Å². The second kappa shape index (κ2) is 9.77. The molecule has 0 bridgehead atoms. The molecule has 0 aliphatic rings. The fourth-order valence-corrected chi connectivity index (χ4v) is 3.07. The average molecular weight is 414 g/mol. The molecule has 0 amide bonds. The highest BCUT2D eigenvalue weighted by Gasteiger charge is 2.03. The highest BCUT2D eigenvalue weighted by molar-refractivity contribution is 6.32. The Bertz CT molecular complexity index is 1110. The summed E-state index contributed by atoms with van der Waals surface area (Å²) in [5, 5.41) is 0.557. The van der Waals surface area contributed by atoms with E-state index in [1.165, 1.54) is 0 Å². The molecule has 0 radical (unpaired) electrons. The lowest BCUT2D eigenvalue weighted by atomic mass is 10.2. The van der Waals surface area contributed by atoms with Crippen LogP contribution in [0.2, 0.25) is 5.02 Å². The summed E-state index contributed by atoms with van der Waals surface area (Å²) in [4.78, 5) is 4.51. The zero-order valence-corrected chi connectivity index (χ0v) is 17.0. The standard InChI is InChI=1S/C26H20ClNO2/c27-25-17-21(11-16-26(25)29-19-20-7-3-1-4-8-20)18-28-22-12-14-24(15-13-22)30-23-9-5-2-6-10-23/h1-18H,19H2. The molecule has 0 atom stereocenters. The summed E-state index contributed by atoms with van der Waals surface area (Å²) in [6.07, 6.45) is 1.78. The Morgan fingerprint density at radius 1 is 0.733 bits per heavy atom. The number of hydrogen-bond donors (Lipinski definition) is 0. The number of rotatable bonds is 7. The number of aliphatic imine (C=N–C) groups is 1. The number of halogens is 1. The highest BCUT2D eigenvalue weighted by atomic mass is 35.5. The molecule has 148 valence electrons. The quantitative estimate of drug-likeness (QED) is 0.294. The minimum absolute atomic E-state index is 0.478. The summed E-state index contributed by atoms with van der Waals surface area (Å²) in [5.41, 5.74) is 2.83. The Balaban J connectivity index is 1.37. The molecular weight excluding hydrogens is 394 g/mol. The van der Waals surface area contributed by atoms with Gasteiger partial charge in [-0.2, -0.15) is 0 Å². The van der Waals surface area contributed by atoms with Gasteiger partial charge in [0.1, 0.15) is 23.9 Å². The maximum absolute atomic E-state index is 6.37. The molecule has 3 nitrogen and oxygen atoms in total. The molecule has 0 saturated heterocycles. The van der Waals surface area contributed by atoms with Gasteiger partial charge in [-0.25, -0.2) is 0 Å². The van der Waals surface area contributed by atoms with Crippen molar-refractivity contribution in [1.29, 1.82) is 0 Å². The third-order valence-corrected chi connectivity index (χ3v) is 4.67. The van der Waals surface area contributed by atoms with Crippen LogP contribution in [0.1, 0.15) is 11.1 Å². The predicted octanol–water partition coefficient (Wildman–Crippen LogP) is 7.46. The van der Waals surface area contributed by atoms with E-state index in [1.54, 1.807) is 6.21 Å². The fourth-order valence-electron chi connectivity index (χ4n) is 2.82. The van der Waals surface area contributed by atoms with E-state index < -0.39 is 0 Å². The maximum atomic E-state index is 6.37. The molecule has 0 fully saturated rings. The minimum Gasteiger partial charge on any atom is -0.487 e. The van der Waals surface area contributed by atoms with Crippen LogP contribution in [-0.2, 0) is 6.61 Å². The Labute approximate surface area is 181 Å². The van der Waals surface area contributed by atoms with Crippen molar-refractivity contribution in [3.8, 4) is 17.2 Å². The van der Waals surface area contributed by atoms with Crippen LogP contribution in [-0.4, -0.2) is 6.21 Å². The second-order valence-corrected chi connectivity index (χ2v) is 7.04. The minimum atomic E-state index is 0.478. The smallest absolute Gasteiger partial charge is 0.138 e. The molecule has 0 unspecified atom stereocenters. The number of benzene rings is 4. The van der Waals surface area contributed by atoms with Crippen molar-refractivity contribution in [2.75, 3.05) is 0 Å². The lowest BCUT2D eigenvalue weighted by Gasteiger charge is -2.08. The molecule has 0 aliphatic carbocycles. The van der Waals surface area contributed by atoms with Crippen LogP contribution in [0.5, 0.6) is 17.2 Å². The topological polar surface area (TPSA) is 30.8 Å². The lowest BCUT2D eigenvalue weighted by molar-refractivity contribution is 0.306. The van der Waals surface area contributed by atoms with Gasteiger partial charge in [-0.1, -0.05) is 60.1 Å². The number of nitrogens with zero attached hydrogens (tertiary/aromatic N) is 1. The van der Waals surface area contributed by atoms with Crippen LogP contribution >= 0.6 is 11.6 Å². The SMILES string of the molecule is Clc1cc(C=Nc2ccc(Oc3ccccc3)cc2)ccc1OCc1ccccc1. The predicted molar refractivity (Wildman–Crippen MR) is 122 cm³/mol. The van der Waals surface area contributed by atoms with E-state index in [-0.39, 0.29) is 0 Å². The van der Waals surface area contributed by atoms with Gasteiger partial charge in [0, 0.05) is 6.21 Å². The largest absolute Gasteiger partial charge is 0.487 e. The van der Waals surface area contributed by atoms with Gasteiger partial charge < -0.3 is 9.47 Å². The van der Waals surface area contributed by atoms with Gasteiger partial charge in [-0.15, -0.1) is 0 Å². The van der Waals surface area contributed by atoms with Crippen molar-refractivity contribution in [2.45, 2.75) is 6.61 Å². The first-order chi connectivity index (χ1) is 14.8. The molecule has 4 rings (SSSR count). The van der Waals surface area contributed by atoms with Gasteiger partial charge in [-0.3, -0.25) is 4.99 Å². The van der Waals surface area contributed by atoms with E-state index in [0.717, 1.165) is 28.3 Å². The second-order valence-electron chi connectivity index (χ2n) is 6.63. The Hall–Kier alpha value is -3.56. The number of hydrogen-bond acceptors (Lipinski definition) is 3. The first-order valence-electron chi connectivity index (χ1n) is 9.59. The highest BCUT2D eigenvalue weighted by Crippen LogP contribution is 2.27. The lowest BCUT2D eigenvalue weighted by Crippen LogP contribution is -1.96. The number of para-hydroxylation sites is 1. The van der Waals surface area contributed by atoms with Crippen molar-refractivity contribution in [2.24, 2.45) is 4.99 Å². The van der Waals surface area contributed by atoms with Crippen molar-refractivity contribution in [3.63, 3.8) is 0 Å². The first-order valence-corrected chi connectivity index (χ1v) is 9.97. The number of ether oxygens (including phenoxy) is 2. The van der Waals surface area contributed by atoms with Crippen molar-refractivity contribution in [1.82, 2.24) is 0 Å². The molecule has 4 heteroatoms.